The van der Waals surface area contributed by atoms with E-state index in [1.165, 1.54) is 0 Å². The van der Waals surface area contributed by atoms with E-state index in [1.807, 2.05) is 6.07 Å². The van der Waals surface area contributed by atoms with Crippen molar-refractivity contribution in [2.24, 2.45) is 0 Å². The van der Waals surface area contributed by atoms with E-state index in [-0.39, 0.29) is 13.0 Å². The van der Waals surface area contributed by atoms with Gasteiger partial charge in [0, 0.05) is 11.9 Å². The number of nitrogens with one attached hydrogen (secondary N) is 2. The molecule has 23 heavy (non-hydrogen) atoms. The third-order valence-electron chi connectivity index (χ3n) is 3.28. The molecular formula is C16H23N3O4. The number of aromatic amines is 1. The summed E-state index contributed by atoms with van der Waals surface area (Å²) in [6, 6.07) is 5.31. The number of fused-ring (bicyclic) bond motifs is 1. The van der Waals surface area contributed by atoms with Crippen LogP contribution in [0.3, 0.4) is 0 Å². The molecule has 126 valence electrons. The largest absolute Gasteiger partial charge is 0.444 e. The molecule has 2 atom stereocenters. The van der Waals surface area contributed by atoms with Gasteiger partial charge in [-0.2, -0.15) is 5.10 Å². The minimum atomic E-state index is -1.04. The number of ether oxygens (including phenoxy) is 1. The Hall–Kier alpha value is -2.12. The molecule has 2 aromatic rings. The topological polar surface area (TPSA) is 107 Å². The molecule has 0 spiro atoms. The predicted molar refractivity (Wildman–Crippen MR) is 85.9 cm³/mol. The first-order chi connectivity index (χ1) is 10.8. The lowest BCUT2D eigenvalue weighted by Crippen LogP contribution is -2.34. The van der Waals surface area contributed by atoms with E-state index in [0.717, 1.165) is 10.9 Å². The van der Waals surface area contributed by atoms with Crippen molar-refractivity contribution >= 4 is 17.0 Å². The van der Waals surface area contributed by atoms with E-state index in [1.54, 1.807) is 39.1 Å². The quantitative estimate of drug-likeness (QED) is 0.672. The lowest BCUT2D eigenvalue weighted by atomic mass is 10.0. The van der Waals surface area contributed by atoms with Crippen molar-refractivity contribution < 1.29 is 19.7 Å². The second-order valence-corrected chi connectivity index (χ2v) is 6.45. The maximum atomic E-state index is 11.5. The number of nitrogens with zero attached hydrogens (tertiary/aromatic N) is 1. The third-order valence-corrected chi connectivity index (χ3v) is 3.28. The fraction of sp³-hybridized carbons (Fsp3) is 0.500. The Labute approximate surface area is 134 Å². The van der Waals surface area contributed by atoms with E-state index in [4.69, 9.17) is 4.74 Å². The molecule has 0 saturated carbocycles. The number of hydrogen-bond donors (Lipinski definition) is 4. The number of H-pyrrole nitrogens is 1. The molecule has 1 heterocycles. The first-order valence-corrected chi connectivity index (χ1v) is 7.52. The van der Waals surface area contributed by atoms with Crippen LogP contribution in [0.2, 0.25) is 0 Å². The molecule has 1 aromatic heterocycles. The minimum absolute atomic E-state index is 0.208. The molecule has 7 heteroatoms. The highest BCUT2D eigenvalue weighted by Crippen LogP contribution is 2.22. The van der Waals surface area contributed by atoms with Crippen LogP contribution in [0.15, 0.2) is 24.4 Å². The van der Waals surface area contributed by atoms with E-state index in [0.29, 0.717) is 5.56 Å². The summed E-state index contributed by atoms with van der Waals surface area (Å²) in [6.07, 6.45) is -0.680. The third kappa shape index (κ3) is 4.94. The van der Waals surface area contributed by atoms with Crippen LogP contribution < -0.4 is 5.32 Å². The van der Waals surface area contributed by atoms with E-state index < -0.39 is 23.9 Å². The van der Waals surface area contributed by atoms with Gasteiger partial charge in [-0.15, -0.1) is 0 Å². The molecule has 7 nitrogen and oxygen atoms in total. The fourth-order valence-corrected chi connectivity index (χ4v) is 2.15. The average molecular weight is 321 g/mol. The van der Waals surface area contributed by atoms with Gasteiger partial charge < -0.3 is 20.3 Å². The molecule has 0 radical (unpaired) electrons. The summed E-state index contributed by atoms with van der Waals surface area (Å²) in [7, 11) is 0. The number of benzene rings is 1. The first kappa shape index (κ1) is 17.2. The Balaban J connectivity index is 1.85. The zero-order valence-electron chi connectivity index (χ0n) is 13.5. The number of carbonyl (C=O) groups excluding carboxylic acids is 1. The number of rotatable bonds is 5. The molecule has 0 aliphatic carbocycles. The first-order valence-electron chi connectivity index (χ1n) is 7.52. The molecule has 0 fully saturated rings. The Kier molecular flexibility index (Phi) is 5.23. The Morgan fingerprint density at radius 3 is 2.83 bits per heavy atom. The van der Waals surface area contributed by atoms with Gasteiger partial charge in [-0.05, 0) is 38.8 Å². The maximum absolute atomic E-state index is 11.5. The number of hydrogen-bond acceptors (Lipinski definition) is 5. The molecule has 0 aliphatic heterocycles. The van der Waals surface area contributed by atoms with Crippen molar-refractivity contribution in [2.45, 2.75) is 45.0 Å². The highest BCUT2D eigenvalue weighted by molar-refractivity contribution is 5.78. The van der Waals surface area contributed by atoms with E-state index in [2.05, 4.69) is 15.5 Å². The maximum Gasteiger partial charge on any atom is 0.407 e. The van der Waals surface area contributed by atoms with Crippen LogP contribution in [0, 0.1) is 0 Å². The molecule has 2 rings (SSSR count). The van der Waals surface area contributed by atoms with E-state index in [9.17, 15) is 15.0 Å². The number of aromatic nitrogens is 2. The van der Waals surface area contributed by atoms with Gasteiger partial charge in [-0.1, -0.05) is 12.1 Å². The minimum Gasteiger partial charge on any atom is -0.444 e. The smallest absolute Gasteiger partial charge is 0.407 e. The molecule has 0 bridgehead atoms. The van der Waals surface area contributed by atoms with Crippen LogP contribution in [0.25, 0.3) is 10.9 Å². The number of alkyl carbamates (subject to hydrolysis) is 1. The van der Waals surface area contributed by atoms with Crippen molar-refractivity contribution in [3.05, 3.63) is 30.0 Å². The second kappa shape index (κ2) is 6.97. The van der Waals surface area contributed by atoms with Crippen LogP contribution in [0.4, 0.5) is 4.79 Å². The van der Waals surface area contributed by atoms with Crippen molar-refractivity contribution in [3.8, 4) is 0 Å². The molecule has 0 saturated heterocycles. The SMILES string of the molecule is CC(C)(C)OC(=O)NCCC(O)C(O)c1ccc2cn[nH]c2c1. The lowest BCUT2D eigenvalue weighted by molar-refractivity contribution is 0.0124. The average Bonchev–Trinajstić information content (AvgIpc) is 2.91. The van der Waals surface area contributed by atoms with Gasteiger partial charge in [0.2, 0.25) is 0 Å². The van der Waals surface area contributed by atoms with Gasteiger partial charge in [-0.3, -0.25) is 5.10 Å². The van der Waals surface area contributed by atoms with Crippen molar-refractivity contribution in [2.75, 3.05) is 6.54 Å². The van der Waals surface area contributed by atoms with Crippen LogP contribution in [-0.2, 0) is 4.74 Å². The number of carbonyl (C=O) groups is 1. The van der Waals surface area contributed by atoms with Gasteiger partial charge in [0.15, 0.2) is 0 Å². The molecule has 1 aromatic carbocycles. The lowest BCUT2D eigenvalue weighted by Gasteiger charge is -2.21. The zero-order chi connectivity index (χ0) is 17.0. The molecule has 1 amide bonds. The van der Waals surface area contributed by atoms with Crippen LogP contribution in [0.5, 0.6) is 0 Å². The summed E-state index contributed by atoms with van der Waals surface area (Å²) >= 11 is 0. The monoisotopic (exact) mass is 321 g/mol. The second-order valence-electron chi connectivity index (χ2n) is 6.45. The molecule has 2 unspecified atom stereocenters. The summed E-state index contributed by atoms with van der Waals surface area (Å²) in [4.78, 5) is 11.5. The van der Waals surface area contributed by atoms with Gasteiger partial charge in [-0.25, -0.2) is 4.79 Å². The summed E-state index contributed by atoms with van der Waals surface area (Å²) in [5, 5.41) is 30.5. The van der Waals surface area contributed by atoms with Crippen LogP contribution in [0.1, 0.15) is 38.9 Å². The summed E-state index contributed by atoms with van der Waals surface area (Å²) in [6.45, 7) is 5.53. The summed E-state index contributed by atoms with van der Waals surface area (Å²) in [5.74, 6) is 0. The number of aliphatic hydroxyl groups is 2. The van der Waals surface area contributed by atoms with Crippen molar-refractivity contribution in [3.63, 3.8) is 0 Å². The standard InChI is InChI=1S/C16H23N3O4/c1-16(2,3)23-15(22)17-7-6-13(20)14(21)10-4-5-11-9-18-19-12(11)8-10/h4-5,8-9,13-14,20-21H,6-7H2,1-3H3,(H,17,22)(H,18,19). The highest BCUT2D eigenvalue weighted by Gasteiger charge is 2.20. The van der Waals surface area contributed by atoms with Gasteiger partial charge in [0.05, 0.1) is 17.8 Å². The molecule has 0 aliphatic rings. The predicted octanol–water partition coefficient (Wildman–Crippen LogP) is 1.87. The van der Waals surface area contributed by atoms with Gasteiger partial charge in [0.25, 0.3) is 0 Å². The summed E-state index contributed by atoms with van der Waals surface area (Å²) in [5.41, 5.74) is 0.814. The van der Waals surface area contributed by atoms with Crippen molar-refractivity contribution in [1.82, 2.24) is 15.5 Å². The zero-order valence-corrected chi connectivity index (χ0v) is 13.5. The molecule has 4 N–H and O–H groups in total. The van der Waals surface area contributed by atoms with Gasteiger partial charge >= 0.3 is 6.09 Å². The van der Waals surface area contributed by atoms with Crippen molar-refractivity contribution in [1.29, 1.82) is 0 Å². The number of amides is 1. The Morgan fingerprint density at radius 2 is 2.13 bits per heavy atom. The number of aliphatic hydroxyl groups excluding tert-OH is 2. The Bertz CT molecular complexity index is 663. The highest BCUT2D eigenvalue weighted by atomic mass is 16.6. The molecular weight excluding hydrogens is 298 g/mol. The van der Waals surface area contributed by atoms with Gasteiger partial charge in [0.1, 0.15) is 11.7 Å². The van der Waals surface area contributed by atoms with E-state index >= 15 is 0 Å². The Morgan fingerprint density at radius 1 is 1.39 bits per heavy atom. The fourth-order valence-electron chi connectivity index (χ4n) is 2.15. The van der Waals surface area contributed by atoms with Crippen LogP contribution >= 0.6 is 0 Å². The van der Waals surface area contributed by atoms with Crippen LogP contribution in [-0.4, -0.2) is 44.8 Å². The summed E-state index contributed by atoms with van der Waals surface area (Å²) < 4.78 is 5.10. The normalized spacial score (nSPS) is 14.5.